The number of carbonyl (C=O) groups excluding carboxylic acids is 1. The van der Waals surface area contributed by atoms with Gasteiger partial charge in [-0.25, -0.2) is 4.39 Å². The third-order valence-electron chi connectivity index (χ3n) is 1.79. The maximum atomic E-state index is 13.3. The zero-order valence-corrected chi connectivity index (χ0v) is 7.74. The first-order chi connectivity index (χ1) is 7.49. The molecule has 0 unspecified atom stereocenters. The van der Waals surface area contributed by atoms with E-state index in [1.807, 2.05) is 0 Å². The molecule has 0 aliphatic rings. The number of halogens is 2. The third kappa shape index (κ3) is 2.00. The van der Waals surface area contributed by atoms with Crippen LogP contribution in [0.25, 0.3) is 0 Å². The molecule has 82 valence electrons. The van der Waals surface area contributed by atoms with E-state index in [1.165, 1.54) is 6.07 Å². The molecule has 0 N–H and O–H groups in total. The van der Waals surface area contributed by atoms with Gasteiger partial charge in [0.05, 0.1) is 23.0 Å². The van der Waals surface area contributed by atoms with Crippen LogP contribution in [0, 0.1) is 33.1 Å². The van der Waals surface area contributed by atoms with E-state index in [2.05, 4.69) is 0 Å². The van der Waals surface area contributed by atoms with Gasteiger partial charge in [-0.1, -0.05) is 0 Å². The van der Waals surface area contributed by atoms with Gasteiger partial charge in [0.25, 0.3) is 0 Å². The van der Waals surface area contributed by atoms with Gasteiger partial charge in [0.15, 0.2) is 5.78 Å². The Balaban J connectivity index is 3.38. The predicted octanol–water partition coefficient (Wildman–Crippen LogP) is 1.97. The molecule has 0 fully saturated rings. The second kappa shape index (κ2) is 4.44. The van der Waals surface area contributed by atoms with Gasteiger partial charge in [-0.15, -0.1) is 0 Å². The summed E-state index contributed by atoms with van der Waals surface area (Å²) in [6.45, 7) is 0. The summed E-state index contributed by atoms with van der Waals surface area (Å²) in [7, 11) is 0. The number of benzene rings is 1. The molecule has 0 heterocycles. The van der Waals surface area contributed by atoms with Crippen LogP contribution in [0.2, 0.25) is 0 Å². The number of nitrogens with zero attached hydrogens (tertiary/aromatic N) is 2. The van der Waals surface area contributed by atoms with Crippen molar-refractivity contribution in [1.29, 1.82) is 5.26 Å². The van der Waals surface area contributed by atoms with Gasteiger partial charge in [-0.2, -0.15) is 9.65 Å². The predicted molar refractivity (Wildman–Crippen MR) is 47.6 cm³/mol. The molecule has 0 amide bonds. The van der Waals surface area contributed by atoms with Gasteiger partial charge < -0.3 is 0 Å². The molecule has 1 aromatic rings. The summed E-state index contributed by atoms with van der Waals surface area (Å²) < 4.78 is 26.4. The van der Waals surface area contributed by atoms with Gasteiger partial charge >= 0.3 is 5.69 Å². The van der Waals surface area contributed by atoms with Crippen LogP contribution in [-0.2, 0) is 0 Å². The SMILES string of the molecule is N#CCC(=O)c1c(F)ccc([N+](=O)[O-])c1F. The zero-order chi connectivity index (χ0) is 12.3. The standard InChI is InChI=1S/C9H4F2N2O3/c10-5-1-2-6(13(15)16)9(11)8(5)7(14)3-4-12/h1-2H,3H2. The Morgan fingerprint density at radius 3 is 2.62 bits per heavy atom. The third-order valence-corrected chi connectivity index (χ3v) is 1.79. The maximum absolute atomic E-state index is 13.3. The molecule has 16 heavy (non-hydrogen) atoms. The van der Waals surface area contributed by atoms with Crippen LogP contribution < -0.4 is 0 Å². The van der Waals surface area contributed by atoms with Gasteiger partial charge in [-0.05, 0) is 6.07 Å². The lowest BCUT2D eigenvalue weighted by molar-refractivity contribution is -0.387. The van der Waals surface area contributed by atoms with Gasteiger partial charge in [0.1, 0.15) is 5.82 Å². The van der Waals surface area contributed by atoms with E-state index in [0.717, 1.165) is 0 Å². The first-order valence-electron chi connectivity index (χ1n) is 4.01. The fraction of sp³-hybridized carbons (Fsp3) is 0.111. The van der Waals surface area contributed by atoms with Crippen molar-refractivity contribution >= 4 is 11.5 Å². The van der Waals surface area contributed by atoms with E-state index in [9.17, 15) is 23.7 Å². The first-order valence-corrected chi connectivity index (χ1v) is 4.01. The second-order valence-electron chi connectivity index (χ2n) is 2.77. The van der Waals surface area contributed by atoms with Crippen molar-refractivity contribution in [2.24, 2.45) is 0 Å². The molecule has 7 heteroatoms. The first kappa shape index (κ1) is 11.7. The number of carbonyl (C=O) groups is 1. The van der Waals surface area contributed by atoms with E-state index in [0.29, 0.717) is 12.1 Å². The molecule has 0 aliphatic carbocycles. The number of nitro benzene ring substituents is 1. The van der Waals surface area contributed by atoms with Crippen molar-refractivity contribution in [2.45, 2.75) is 6.42 Å². The number of hydrogen-bond donors (Lipinski definition) is 0. The number of hydrogen-bond acceptors (Lipinski definition) is 4. The highest BCUT2D eigenvalue weighted by Gasteiger charge is 2.25. The lowest BCUT2D eigenvalue weighted by Crippen LogP contribution is -2.07. The molecular formula is C9H4F2N2O3. The van der Waals surface area contributed by atoms with Crippen LogP contribution in [0.15, 0.2) is 12.1 Å². The minimum atomic E-state index is -1.55. The van der Waals surface area contributed by atoms with Crippen LogP contribution in [-0.4, -0.2) is 10.7 Å². The summed E-state index contributed by atoms with van der Waals surface area (Å²) in [4.78, 5) is 20.4. The summed E-state index contributed by atoms with van der Waals surface area (Å²) in [5.74, 6) is -3.89. The van der Waals surface area contributed by atoms with E-state index >= 15 is 0 Å². The van der Waals surface area contributed by atoms with Crippen molar-refractivity contribution < 1.29 is 18.5 Å². The van der Waals surface area contributed by atoms with Crippen molar-refractivity contribution in [3.8, 4) is 6.07 Å². The van der Waals surface area contributed by atoms with Crippen LogP contribution in [0.5, 0.6) is 0 Å². The zero-order valence-electron chi connectivity index (χ0n) is 7.74. The molecule has 5 nitrogen and oxygen atoms in total. The Morgan fingerprint density at radius 1 is 1.50 bits per heavy atom. The van der Waals surface area contributed by atoms with Crippen LogP contribution in [0.4, 0.5) is 14.5 Å². The number of rotatable bonds is 3. The molecule has 0 bridgehead atoms. The minimum Gasteiger partial charge on any atom is -0.293 e. The van der Waals surface area contributed by atoms with Gasteiger partial charge in [-0.3, -0.25) is 14.9 Å². The van der Waals surface area contributed by atoms with Gasteiger partial charge in [0.2, 0.25) is 5.82 Å². The highest BCUT2D eigenvalue weighted by Crippen LogP contribution is 2.23. The molecule has 1 rings (SSSR count). The highest BCUT2D eigenvalue weighted by molar-refractivity contribution is 5.98. The fourth-order valence-electron chi connectivity index (χ4n) is 1.10. The minimum absolute atomic E-state index is 0.617. The van der Waals surface area contributed by atoms with E-state index in [1.54, 1.807) is 0 Å². The number of ketones is 1. The molecule has 0 spiro atoms. The summed E-state index contributed by atoms with van der Waals surface area (Å²) >= 11 is 0. The molecule has 0 saturated carbocycles. The fourth-order valence-corrected chi connectivity index (χ4v) is 1.10. The molecular weight excluding hydrogens is 222 g/mol. The Kier molecular flexibility index (Phi) is 3.25. The van der Waals surface area contributed by atoms with E-state index in [4.69, 9.17) is 5.26 Å². The normalized spacial score (nSPS) is 9.56. The molecule has 0 radical (unpaired) electrons. The topological polar surface area (TPSA) is 84.0 Å². The van der Waals surface area contributed by atoms with E-state index < -0.39 is 40.0 Å². The Bertz CT molecular complexity index is 508. The van der Waals surface area contributed by atoms with Crippen molar-refractivity contribution in [3.63, 3.8) is 0 Å². The smallest absolute Gasteiger partial charge is 0.293 e. The largest absolute Gasteiger partial charge is 0.305 e. The van der Waals surface area contributed by atoms with Crippen molar-refractivity contribution in [2.75, 3.05) is 0 Å². The molecule has 0 saturated heterocycles. The molecule has 0 aromatic heterocycles. The second-order valence-corrected chi connectivity index (χ2v) is 2.77. The van der Waals surface area contributed by atoms with E-state index in [-0.39, 0.29) is 0 Å². The molecule has 0 aliphatic heterocycles. The van der Waals surface area contributed by atoms with Crippen LogP contribution in [0.1, 0.15) is 16.8 Å². The number of nitro groups is 1. The number of Topliss-reactive ketones (excluding diaryl/α,β-unsaturated/α-hetero) is 1. The van der Waals surface area contributed by atoms with Crippen LogP contribution >= 0.6 is 0 Å². The summed E-state index contributed by atoms with van der Waals surface area (Å²) in [5, 5.41) is 18.5. The maximum Gasteiger partial charge on any atom is 0.305 e. The number of nitriles is 1. The quantitative estimate of drug-likeness (QED) is 0.448. The van der Waals surface area contributed by atoms with Crippen molar-refractivity contribution in [1.82, 2.24) is 0 Å². The Morgan fingerprint density at radius 2 is 2.12 bits per heavy atom. The summed E-state index contributed by atoms with van der Waals surface area (Å²) in [6.07, 6.45) is -0.741. The van der Waals surface area contributed by atoms with Gasteiger partial charge in [0, 0.05) is 6.07 Å². The average molecular weight is 226 g/mol. The Labute approximate surface area is 88.1 Å². The monoisotopic (exact) mass is 226 g/mol. The molecule has 0 atom stereocenters. The molecule has 1 aromatic carbocycles. The van der Waals surface area contributed by atoms with Crippen LogP contribution in [0.3, 0.4) is 0 Å². The average Bonchev–Trinajstić information content (AvgIpc) is 2.17. The lowest BCUT2D eigenvalue weighted by atomic mass is 10.1. The Hall–Kier alpha value is -2.36. The lowest BCUT2D eigenvalue weighted by Gasteiger charge is -2.01. The summed E-state index contributed by atoms with van der Waals surface area (Å²) in [6, 6.07) is 2.65. The van der Waals surface area contributed by atoms with Crippen molar-refractivity contribution in [3.05, 3.63) is 39.4 Å². The highest BCUT2D eigenvalue weighted by atomic mass is 19.1. The summed E-state index contributed by atoms with van der Waals surface area (Å²) in [5.41, 5.74) is -2.04.